The maximum atomic E-state index is 12.8. The summed E-state index contributed by atoms with van der Waals surface area (Å²) in [4.78, 5) is 1.83. The third-order valence-corrected chi connectivity index (χ3v) is 7.39. The molecule has 0 rings (SSSR count). The molecule has 152 valence electrons. The molecule has 0 atom stereocenters. The van der Waals surface area contributed by atoms with E-state index in [9.17, 15) is 9.13 Å². The smallest absolute Gasteiger partial charge is 0.306 e. The third kappa shape index (κ3) is 8.01. The van der Waals surface area contributed by atoms with E-state index in [2.05, 4.69) is 19.7 Å². The SMILES string of the molecule is C=CCN(CC(=C)P(=O)(OCC)OCC)CC(=C)P(=O)(OCC)OCC. The van der Waals surface area contributed by atoms with Crippen LogP contribution in [0.3, 0.4) is 0 Å². The average Bonchev–Trinajstić information content (AvgIpc) is 2.55. The monoisotopic (exact) mass is 409 g/mol. The van der Waals surface area contributed by atoms with Crippen molar-refractivity contribution in [2.75, 3.05) is 46.1 Å². The zero-order chi connectivity index (χ0) is 20.2. The Morgan fingerprint density at radius 1 is 0.808 bits per heavy atom. The second kappa shape index (κ2) is 12.8. The molecule has 9 heteroatoms. The average molecular weight is 409 g/mol. The Morgan fingerprint density at radius 2 is 1.12 bits per heavy atom. The fraction of sp³-hybridized carbons (Fsp3) is 0.647. The Balaban J connectivity index is 5.26. The zero-order valence-corrected chi connectivity index (χ0v) is 18.2. The highest BCUT2D eigenvalue weighted by atomic mass is 31.2. The molecule has 26 heavy (non-hydrogen) atoms. The number of nitrogens with zero attached hydrogens (tertiary/aromatic N) is 1. The van der Waals surface area contributed by atoms with Crippen LogP contribution in [0.1, 0.15) is 27.7 Å². The lowest BCUT2D eigenvalue weighted by Crippen LogP contribution is -2.29. The van der Waals surface area contributed by atoms with Crippen LogP contribution >= 0.6 is 15.2 Å². The lowest BCUT2D eigenvalue weighted by atomic mass is 10.4. The van der Waals surface area contributed by atoms with E-state index >= 15 is 0 Å². The van der Waals surface area contributed by atoms with Crippen LogP contribution in [-0.2, 0) is 27.2 Å². The minimum Gasteiger partial charge on any atom is -0.306 e. The highest BCUT2D eigenvalue weighted by Crippen LogP contribution is 2.57. The number of hydrogen-bond acceptors (Lipinski definition) is 7. The van der Waals surface area contributed by atoms with Gasteiger partial charge in [-0.25, -0.2) is 0 Å². The summed E-state index contributed by atoms with van der Waals surface area (Å²) in [5, 5.41) is 0.636. The van der Waals surface area contributed by atoms with E-state index < -0.39 is 15.2 Å². The molecule has 0 aromatic rings. The highest BCUT2D eigenvalue weighted by Gasteiger charge is 2.32. The summed E-state index contributed by atoms with van der Waals surface area (Å²) >= 11 is 0. The molecule has 0 radical (unpaired) electrons. The van der Waals surface area contributed by atoms with Crippen LogP contribution < -0.4 is 0 Å². The molecule has 0 aromatic heterocycles. The molecule has 0 bridgehead atoms. The molecular formula is C17H33NO6P2. The van der Waals surface area contributed by atoms with E-state index in [0.717, 1.165) is 0 Å². The maximum absolute atomic E-state index is 12.8. The van der Waals surface area contributed by atoms with Crippen molar-refractivity contribution in [3.8, 4) is 0 Å². The summed E-state index contributed by atoms with van der Waals surface area (Å²) in [5.74, 6) is 0. The summed E-state index contributed by atoms with van der Waals surface area (Å²) in [6.45, 7) is 20.3. The van der Waals surface area contributed by atoms with Gasteiger partial charge in [-0.3, -0.25) is 14.0 Å². The Morgan fingerprint density at radius 3 is 1.35 bits per heavy atom. The Labute approximate surface area is 158 Å². The molecule has 0 aliphatic rings. The summed E-state index contributed by atoms with van der Waals surface area (Å²) in [7, 11) is -6.86. The number of rotatable bonds is 16. The summed E-state index contributed by atoms with van der Waals surface area (Å²) in [5.41, 5.74) is 0. The standard InChI is InChI=1S/C17H33NO6P2/c1-8-13-18(14-16(6)25(19,21-9-2)22-10-3)15-17(7)26(20,23-11-4)24-12-5/h8H,1,6-7,9-15H2,2-5H3. The van der Waals surface area contributed by atoms with E-state index in [1.165, 1.54) is 0 Å². The summed E-state index contributed by atoms with van der Waals surface area (Å²) in [6, 6.07) is 0. The second-order valence-corrected chi connectivity index (χ2v) is 9.54. The van der Waals surface area contributed by atoms with Gasteiger partial charge in [0.25, 0.3) is 0 Å². The second-order valence-electron chi connectivity index (χ2n) is 5.26. The van der Waals surface area contributed by atoms with Crippen LogP contribution in [0.15, 0.2) is 36.4 Å². The first-order valence-electron chi connectivity index (χ1n) is 8.71. The number of hydrogen-bond donors (Lipinski definition) is 0. The molecule has 0 fully saturated rings. The van der Waals surface area contributed by atoms with Crippen LogP contribution in [0.2, 0.25) is 0 Å². The lowest BCUT2D eigenvalue weighted by Gasteiger charge is -2.28. The van der Waals surface area contributed by atoms with Gasteiger partial charge in [0.15, 0.2) is 0 Å². The van der Waals surface area contributed by atoms with Gasteiger partial charge in [-0.2, -0.15) is 0 Å². The predicted molar refractivity (Wildman–Crippen MR) is 107 cm³/mol. The Bertz CT molecular complexity index is 499. The van der Waals surface area contributed by atoms with E-state index in [-0.39, 0.29) is 39.5 Å². The van der Waals surface area contributed by atoms with Crippen molar-refractivity contribution in [1.29, 1.82) is 0 Å². The molecule has 0 amide bonds. The van der Waals surface area contributed by atoms with Crippen LogP contribution in [0.4, 0.5) is 0 Å². The van der Waals surface area contributed by atoms with Gasteiger partial charge in [0.05, 0.1) is 26.4 Å². The molecule has 0 aliphatic heterocycles. The maximum Gasteiger partial charge on any atom is 0.358 e. The first-order chi connectivity index (χ1) is 12.2. The molecule has 0 unspecified atom stereocenters. The largest absolute Gasteiger partial charge is 0.358 e. The molecule has 0 aliphatic carbocycles. The van der Waals surface area contributed by atoms with Crippen LogP contribution in [0, 0.1) is 0 Å². The van der Waals surface area contributed by atoms with Crippen molar-refractivity contribution in [1.82, 2.24) is 4.90 Å². The van der Waals surface area contributed by atoms with Crippen LogP contribution in [0.25, 0.3) is 0 Å². The fourth-order valence-electron chi connectivity index (χ4n) is 2.18. The lowest BCUT2D eigenvalue weighted by molar-refractivity contribution is 0.220. The fourth-order valence-corrected chi connectivity index (χ4v) is 5.16. The first kappa shape index (κ1) is 25.5. The van der Waals surface area contributed by atoms with E-state index in [1.54, 1.807) is 33.8 Å². The van der Waals surface area contributed by atoms with Gasteiger partial charge in [0.1, 0.15) is 0 Å². The van der Waals surface area contributed by atoms with E-state index in [4.69, 9.17) is 18.1 Å². The van der Waals surface area contributed by atoms with Crippen molar-refractivity contribution in [3.63, 3.8) is 0 Å². The Kier molecular flexibility index (Phi) is 12.5. The van der Waals surface area contributed by atoms with Gasteiger partial charge in [-0.1, -0.05) is 19.2 Å². The summed E-state index contributed by atoms with van der Waals surface area (Å²) < 4.78 is 46.9. The van der Waals surface area contributed by atoms with Gasteiger partial charge in [-0.05, 0) is 27.7 Å². The quantitative estimate of drug-likeness (QED) is 0.261. The van der Waals surface area contributed by atoms with E-state index in [0.29, 0.717) is 17.2 Å². The zero-order valence-electron chi connectivity index (χ0n) is 16.4. The van der Waals surface area contributed by atoms with Crippen molar-refractivity contribution in [2.24, 2.45) is 0 Å². The molecule has 0 aromatic carbocycles. The van der Waals surface area contributed by atoms with E-state index in [1.807, 2.05) is 4.90 Å². The van der Waals surface area contributed by atoms with Crippen molar-refractivity contribution < 1.29 is 27.2 Å². The topological polar surface area (TPSA) is 74.3 Å². The highest BCUT2D eigenvalue weighted by molar-refractivity contribution is 7.58. The van der Waals surface area contributed by atoms with Gasteiger partial charge in [-0.15, -0.1) is 6.58 Å². The van der Waals surface area contributed by atoms with Gasteiger partial charge >= 0.3 is 15.2 Å². The van der Waals surface area contributed by atoms with Gasteiger partial charge < -0.3 is 18.1 Å². The van der Waals surface area contributed by atoms with Crippen LogP contribution in [0.5, 0.6) is 0 Å². The minimum atomic E-state index is -3.43. The first-order valence-corrected chi connectivity index (χ1v) is 11.8. The van der Waals surface area contributed by atoms with Gasteiger partial charge in [0.2, 0.25) is 0 Å². The molecule has 0 heterocycles. The predicted octanol–water partition coefficient (Wildman–Crippen LogP) is 5.03. The summed E-state index contributed by atoms with van der Waals surface area (Å²) in [6.07, 6.45) is 1.68. The molecule has 0 saturated carbocycles. The van der Waals surface area contributed by atoms with Crippen LogP contribution in [-0.4, -0.2) is 51.0 Å². The molecule has 0 saturated heterocycles. The minimum absolute atomic E-state index is 0.209. The van der Waals surface area contributed by atoms with Crippen molar-refractivity contribution in [2.45, 2.75) is 27.7 Å². The normalized spacial score (nSPS) is 12.3. The van der Waals surface area contributed by atoms with Gasteiger partial charge in [0, 0.05) is 30.3 Å². The molecule has 0 spiro atoms. The van der Waals surface area contributed by atoms with Crippen molar-refractivity contribution >= 4 is 15.2 Å². The Hall–Kier alpha value is -0.520. The van der Waals surface area contributed by atoms with Crippen molar-refractivity contribution in [3.05, 3.63) is 36.4 Å². The molecular weight excluding hydrogens is 376 g/mol. The molecule has 7 nitrogen and oxygen atoms in total. The third-order valence-electron chi connectivity index (χ3n) is 3.17. The molecule has 0 N–H and O–H groups in total.